The number of nitrogens with zero attached hydrogens (tertiary/aromatic N) is 3. The van der Waals surface area contributed by atoms with Gasteiger partial charge in [0.1, 0.15) is 4.21 Å². The fourth-order valence-electron chi connectivity index (χ4n) is 3.18. The van der Waals surface area contributed by atoms with Crippen molar-refractivity contribution in [2.24, 2.45) is 0 Å². The molecule has 0 bridgehead atoms. The molecule has 1 aromatic carbocycles. The van der Waals surface area contributed by atoms with Gasteiger partial charge in [-0.15, -0.1) is 11.3 Å². The molecule has 1 amide bonds. The van der Waals surface area contributed by atoms with E-state index < -0.39 is 10.0 Å². The molecule has 0 saturated carbocycles. The van der Waals surface area contributed by atoms with Gasteiger partial charge in [-0.1, -0.05) is 29.5 Å². The molecule has 0 radical (unpaired) electrons. The number of carbonyl (C=O) groups is 1. The molecule has 4 rings (SSSR count). The van der Waals surface area contributed by atoms with E-state index >= 15 is 0 Å². The van der Waals surface area contributed by atoms with Crippen molar-refractivity contribution in [3.8, 4) is 0 Å². The van der Waals surface area contributed by atoms with Crippen LogP contribution in [-0.4, -0.2) is 56.5 Å². The third-order valence-corrected chi connectivity index (χ3v) is 8.98. The summed E-state index contributed by atoms with van der Waals surface area (Å²) in [5.74, 6) is -0.317. The minimum absolute atomic E-state index is 0.0647. The summed E-state index contributed by atoms with van der Waals surface area (Å²) in [6.45, 7) is 0.785. The summed E-state index contributed by atoms with van der Waals surface area (Å²) in [4.78, 5) is 19.3. The lowest BCUT2D eigenvalue weighted by atomic mass is 10.2. The molecular weight excluding hydrogens is 430 g/mol. The second kappa shape index (κ2) is 8.49. The van der Waals surface area contributed by atoms with Crippen LogP contribution < -0.4 is 4.90 Å². The first-order chi connectivity index (χ1) is 13.9. The van der Waals surface area contributed by atoms with E-state index in [9.17, 15) is 13.2 Å². The summed E-state index contributed by atoms with van der Waals surface area (Å²) in [7, 11) is -2.28. The zero-order chi connectivity index (χ0) is 20.4. The Labute approximate surface area is 177 Å². The minimum atomic E-state index is -3.70. The predicted molar refractivity (Wildman–Crippen MR) is 115 cm³/mol. The minimum Gasteiger partial charge on any atom is -0.376 e. The first kappa shape index (κ1) is 20.4. The van der Waals surface area contributed by atoms with Crippen LogP contribution in [0.3, 0.4) is 0 Å². The van der Waals surface area contributed by atoms with Gasteiger partial charge in [-0.05, 0) is 36.4 Å². The van der Waals surface area contributed by atoms with E-state index in [-0.39, 0.29) is 22.8 Å². The van der Waals surface area contributed by atoms with Gasteiger partial charge in [0.05, 0.1) is 29.4 Å². The van der Waals surface area contributed by atoms with E-state index in [1.165, 1.54) is 18.4 Å². The summed E-state index contributed by atoms with van der Waals surface area (Å²) in [6.07, 6.45) is 1.77. The van der Waals surface area contributed by atoms with Gasteiger partial charge < -0.3 is 4.74 Å². The number of anilines is 1. The summed E-state index contributed by atoms with van der Waals surface area (Å²) in [5.41, 5.74) is 0.817. The van der Waals surface area contributed by atoms with Crippen LogP contribution in [-0.2, 0) is 19.6 Å². The van der Waals surface area contributed by atoms with Crippen LogP contribution in [0.15, 0.2) is 46.0 Å². The van der Waals surface area contributed by atoms with Gasteiger partial charge in [-0.3, -0.25) is 9.69 Å². The van der Waals surface area contributed by atoms with Gasteiger partial charge in [0.15, 0.2) is 5.13 Å². The Morgan fingerprint density at radius 1 is 1.28 bits per heavy atom. The normalized spacial score (nSPS) is 17.2. The fraction of sp³-hybridized carbons (Fsp3) is 0.368. The Morgan fingerprint density at radius 3 is 2.79 bits per heavy atom. The van der Waals surface area contributed by atoms with Gasteiger partial charge in [-0.2, -0.15) is 4.31 Å². The van der Waals surface area contributed by atoms with E-state index in [0.29, 0.717) is 18.3 Å². The topological polar surface area (TPSA) is 79.8 Å². The largest absolute Gasteiger partial charge is 0.376 e. The Bertz CT molecular complexity index is 1060. The van der Waals surface area contributed by atoms with Crippen LogP contribution in [0.4, 0.5) is 5.13 Å². The number of thiophene rings is 1. The highest BCUT2D eigenvalue weighted by Crippen LogP contribution is 2.30. The number of carbonyl (C=O) groups excluding carboxylic acids is 1. The number of likely N-dealkylation sites (N-methyl/N-ethyl adjacent to an activating group) is 1. The molecule has 1 fully saturated rings. The number of rotatable bonds is 7. The van der Waals surface area contributed by atoms with Crippen molar-refractivity contribution in [2.45, 2.75) is 23.2 Å². The Balaban J connectivity index is 1.59. The maximum Gasteiger partial charge on any atom is 0.252 e. The standard InChI is InChI=1S/C19H21N3O4S3/c1-21(29(24,25)18-9-5-11-27-18)13-17(23)22(12-14-6-4-10-26-14)19-20-15-7-2-3-8-16(15)28-19/h2-3,5,7-9,11,14H,4,6,10,12-13H2,1H3/t14-/m0/s1. The molecular formula is C19H21N3O4S3. The number of hydrogen-bond acceptors (Lipinski definition) is 7. The van der Waals surface area contributed by atoms with Gasteiger partial charge in [-0.25, -0.2) is 13.4 Å². The van der Waals surface area contributed by atoms with Crippen molar-refractivity contribution >= 4 is 54.0 Å². The highest BCUT2D eigenvalue weighted by Gasteiger charge is 2.30. The van der Waals surface area contributed by atoms with E-state index in [4.69, 9.17) is 4.74 Å². The monoisotopic (exact) mass is 451 g/mol. The molecule has 0 unspecified atom stereocenters. The summed E-state index contributed by atoms with van der Waals surface area (Å²) < 4.78 is 33.4. The van der Waals surface area contributed by atoms with Gasteiger partial charge >= 0.3 is 0 Å². The second-order valence-corrected chi connectivity index (χ2v) is 11.0. The molecule has 0 aliphatic carbocycles. The number of amides is 1. The first-order valence-electron chi connectivity index (χ1n) is 9.22. The number of ether oxygens (including phenoxy) is 1. The van der Waals surface area contributed by atoms with Crippen molar-refractivity contribution in [3.63, 3.8) is 0 Å². The molecule has 29 heavy (non-hydrogen) atoms. The maximum absolute atomic E-state index is 13.2. The van der Waals surface area contributed by atoms with E-state index in [1.54, 1.807) is 22.4 Å². The molecule has 10 heteroatoms. The van der Waals surface area contributed by atoms with E-state index in [0.717, 1.165) is 38.7 Å². The summed E-state index contributed by atoms with van der Waals surface area (Å²) in [5, 5.41) is 2.27. The average molecular weight is 452 g/mol. The average Bonchev–Trinajstić information content (AvgIpc) is 3.47. The second-order valence-electron chi connectivity index (χ2n) is 6.80. The smallest absolute Gasteiger partial charge is 0.252 e. The van der Waals surface area contributed by atoms with Gasteiger partial charge in [0.25, 0.3) is 10.0 Å². The quantitative estimate of drug-likeness (QED) is 0.551. The van der Waals surface area contributed by atoms with Crippen molar-refractivity contribution in [1.29, 1.82) is 0 Å². The fourth-order valence-corrected chi connectivity index (χ4v) is 6.49. The number of para-hydroxylation sites is 1. The Hall–Kier alpha value is -1.85. The third-order valence-electron chi connectivity index (χ3n) is 4.74. The van der Waals surface area contributed by atoms with Crippen LogP contribution in [0.25, 0.3) is 10.2 Å². The molecule has 0 spiro atoms. The number of thiazole rings is 1. The summed E-state index contributed by atoms with van der Waals surface area (Å²) in [6, 6.07) is 10.9. The molecule has 1 atom stereocenters. The highest BCUT2D eigenvalue weighted by molar-refractivity contribution is 7.91. The lowest BCUT2D eigenvalue weighted by Gasteiger charge is -2.25. The molecule has 154 valence electrons. The molecule has 1 saturated heterocycles. The van der Waals surface area contributed by atoms with Crippen LogP contribution >= 0.6 is 22.7 Å². The lowest BCUT2D eigenvalue weighted by Crippen LogP contribution is -2.44. The molecule has 0 N–H and O–H groups in total. The highest BCUT2D eigenvalue weighted by atomic mass is 32.2. The number of benzene rings is 1. The zero-order valence-corrected chi connectivity index (χ0v) is 18.3. The molecule has 3 aromatic rings. The van der Waals surface area contributed by atoms with E-state index in [1.807, 2.05) is 24.3 Å². The number of fused-ring (bicyclic) bond motifs is 1. The number of aromatic nitrogens is 1. The molecule has 7 nitrogen and oxygen atoms in total. The molecule has 1 aliphatic rings. The maximum atomic E-state index is 13.2. The Morgan fingerprint density at radius 2 is 2.10 bits per heavy atom. The van der Waals surface area contributed by atoms with Crippen molar-refractivity contribution in [2.75, 3.05) is 31.6 Å². The molecule has 1 aliphatic heterocycles. The van der Waals surface area contributed by atoms with E-state index in [2.05, 4.69) is 4.98 Å². The molecule has 3 heterocycles. The predicted octanol–water partition coefficient (Wildman–Crippen LogP) is 3.19. The van der Waals surface area contributed by atoms with Crippen molar-refractivity contribution < 1.29 is 17.9 Å². The van der Waals surface area contributed by atoms with Crippen molar-refractivity contribution in [3.05, 3.63) is 41.8 Å². The van der Waals surface area contributed by atoms with Gasteiger partial charge in [0, 0.05) is 13.7 Å². The third kappa shape index (κ3) is 4.36. The number of hydrogen-bond donors (Lipinski definition) is 0. The van der Waals surface area contributed by atoms with Crippen molar-refractivity contribution in [1.82, 2.24) is 9.29 Å². The molecule has 2 aromatic heterocycles. The van der Waals surface area contributed by atoms with Gasteiger partial charge in [0.2, 0.25) is 5.91 Å². The van der Waals surface area contributed by atoms with Crippen LogP contribution in [0.1, 0.15) is 12.8 Å². The SMILES string of the molecule is CN(CC(=O)N(C[C@@H]1CCCO1)c1nc2ccccc2s1)S(=O)(=O)c1cccs1. The Kier molecular flexibility index (Phi) is 5.98. The first-order valence-corrected chi connectivity index (χ1v) is 12.4. The zero-order valence-electron chi connectivity index (χ0n) is 15.9. The van der Waals surface area contributed by atoms with Crippen LogP contribution in [0.5, 0.6) is 0 Å². The van der Waals surface area contributed by atoms with Crippen LogP contribution in [0, 0.1) is 0 Å². The number of sulfonamides is 1. The van der Waals surface area contributed by atoms with Crippen LogP contribution in [0.2, 0.25) is 0 Å². The lowest BCUT2D eigenvalue weighted by molar-refractivity contribution is -0.119. The summed E-state index contributed by atoms with van der Waals surface area (Å²) >= 11 is 2.56.